The normalized spacial score (nSPS) is 23.9. The van der Waals surface area contributed by atoms with Gasteiger partial charge in [0, 0.05) is 16.3 Å². The van der Waals surface area contributed by atoms with Gasteiger partial charge in [-0.25, -0.2) is 4.90 Å². The van der Waals surface area contributed by atoms with E-state index >= 15 is 0 Å². The minimum absolute atomic E-state index is 0.0930. The second-order valence-corrected chi connectivity index (χ2v) is 5.63. The van der Waals surface area contributed by atoms with Crippen LogP contribution >= 0.6 is 15.9 Å². The Kier molecular flexibility index (Phi) is 3.57. The number of rotatable bonds is 2. The van der Waals surface area contributed by atoms with E-state index in [0.717, 1.165) is 22.1 Å². The first-order valence-corrected chi connectivity index (χ1v) is 6.93. The highest BCUT2D eigenvalue weighted by Crippen LogP contribution is 2.33. The third kappa shape index (κ3) is 1.99. The number of imide groups is 1. The Labute approximate surface area is 115 Å². The van der Waals surface area contributed by atoms with Crippen molar-refractivity contribution in [1.82, 2.24) is 0 Å². The molecule has 0 aliphatic carbocycles. The van der Waals surface area contributed by atoms with Gasteiger partial charge >= 0.3 is 0 Å². The predicted octanol–water partition coefficient (Wildman–Crippen LogP) is 3.16. The number of hydrogen-bond acceptors (Lipinski definition) is 2. The fourth-order valence-electron chi connectivity index (χ4n) is 2.24. The fourth-order valence-corrected chi connectivity index (χ4v) is 2.64. The summed E-state index contributed by atoms with van der Waals surface area (Å²) in [5, 5.41) is 0. The van der Waals surface area contributed by atoms with Crippen LogP contribution in [0.15, 0.2) is 22.7 Å². The van der Waals surface area contributed by atoms with Gasteiger partial charge < -0.3 is 0 Å². The van der Waals surface area contributed by atoms with Crippen molar-refractivity contribution in [2.45, 2.75) is 27.2 Å². The number of carbonyl (C=O) groups is 2. The molecule has 4 heteroatoms. The summed E-state index contributed by atoms with van der Waals surface area (Å²) in [7, 11) is 0. The summed E-state index contributed by atoms with van der Waals surface area (Å²) in [6.45, 7) is 5.65. The Balaban J connectivity index is 2.49. The van der Waals surface area contributed by atoms with E-state index in [1.807, 2.05) is 39.0 Å². The SMILES string of the molecule is CCc1cc(Br)ccc1N1C(=O)C(C)C(C)C1=O. The van der Waals surface area contributed by atoms with Crippen LogP contribution in [0.1, 0.15) is 26.3 Å². The summed E-state index contributed by atoms with van der Waals surface area (Å²) in [5.41, 5.74) is 1.74. The van der Waals surface area contributed by atoms with Gasteiger partial charge in [-0.2, -0.15) is 0 Å². The van der Waals surface area contributed by atoms with Crippen LogP contribution < -0.4 is 4.90 Å². The average Bonchev–Trinajstić information content (AvgIpc) is 2.55. The van der Waals surface area contributed by atoms with E-state index < -0.39 is 0 Å². The van der Waals surface area contributed by atoms with E-state index in [1.165, 1.54) is 4.90 Å². The Bertz CT molecular complexity index is 493. The van der Waals surface area contributed by atoms with E-state index in [4.69, 9.17) is 0 Å². The minimum atomic E-state index is -0.231. The van der Waals surface area contributed by atoms with Gasteiger partial charge in [-0.15, -0.1) is 0 Å². The van der Waals surface area contributed by atoms with Gasteiger partial charge in [0.2, 0.25) is 11.8 Å². The number of nitrogens with zero attached hydrogens (tertiary/aromatic N) is 1. The smallest absolute Gasteiger partial charge is 0.237 e. The lowest BCUT2D eigenvalue weighted by Crippen LogP contribution is -2.31. The molecule has 1 aromatic rings. The van der Waals surface area contributed by atoms with Gasteiger partial charge in [-0.1, -0.05) is 36.7 Å². The number of anilines is 1. The van der Waals surface area contributed by atoms with Crippen LogP contribution in [-0.4, -0.2) is 11.8 Å². The van der Waals surface area contributed by atoms with E-state index in [1.54, 1.807) is 0 Å². The molecule has 2 atom stereocenters. The molecule has 1 aliphatic rings. The summed E-state index contributed by atoms with van der Waals surface area (Å²) in [5.74, 6) is -0.647. The molecule has 1 fully saturated rings. The number of hydrogen-bond donors (Lipinski definition) is 0. The molecule has 0 spiro atoms. The Hall–Kier alpha value is -1.16. The number of carbonyl (C=O) groups excluding carboxylic acids is 2. The number of amides is 2. The van der Waals surface area contributed by atoms with E-state index in [0.29, 0.717) is 0 Å². The largest absolute Gasteiger partial charge is 0.274 e. The van der Waals surface area contributed by atoms with Gasteiger partial charge in [0.1, 0.15) is 0 Å². The van der Waals surface area contributed by atoms with Crippen molar-refractivity contribution in [3.05, 3.63) is 28.2 Å². The molecule has 1 heterocycles. The Morgan fingerprint density at radius 2 is 1.72 bits per heavy atom. The summed E-state index contributed by atoms with van der Waals surface area (Å²) in [4.78, 5) is 25.7. The van der Waals surface area contributed by atoms with Crippen molar-refractivity contribution < 1.29 is 9.59 Å². The van der Waals surface area contributed by atoms with Crippen molar-refractivity contribution in [3.8, 4) is 0 Å². The minimum Gasteiger partial charge on any atom is -0.274 e. The zero-order valence-corrected chi connectivity index (χ0v) is 12.3. The molecule has 1 aliphatic heterocycles. The lowest BCUT2D eigenvalue weighted by atomic mass is 10.00. The highest BCUT2D eigenvalue weighted by atomic mass is 79.9. The monoisotopic (exact) mass is 309 g/mol. The number of aryl methyl sites for hydroxylation is 1. The second-order valence-electron chi connectivity index (χ2n) is 4.72. The van der Waals surface area contributed by atoms with E-state index in [9.17, 15) is 9.59 Å². The third-order valence-electron chi connectivity index (χ3n) is 3.63. The summed E-state index contributed by atoms with van der Waals surface area (Å²) in [6.07, 6.45) is 0.786. The molecule has 0 radical (unpaired) electrons. The molecular formula is C14H16BrNO2. The second kappa shape index (κ2) is 4.84. The highest BCUT2D eigenvalue weighted by molar-refractivity contribution is 9.10. The first-order chi connectivity index (χ1) is 8.47. The van der Waals surface area contributed by atoms with Crippen molar-refractivity contribution in [2.24, 2.45) is 11.8 Å². The van der Waals surface area contributed by atoms with Crippen LogP contribution in [0, 0.1) is 11.8 Å². The highest BCUT2D eigenvalue weighted by Gasteiger charge is 2.43. The van der Waals surface area contributed by atoms with Crippen LogP contribution in [0.3, 0.4) is 0 Å². The molecule has 2 amide bonds. The first-order valence-electron chi connectivity index (χ1n) is 6.13. The molecule has 0 bridgehead atoms. The first kappa shape index (κ1) is 13.3. The quantitative estimate of drug-likeness (QED) is 0.787. The molecule has 0 N–H and O–H groups in total. The predicted molar refractivity (Wildman–Crippen MR) is 74.3 cm³/mol. The maximum absolute atomic E-state index is 12.2. The average molecular weight is 310 g/mol. The molecule has 1 aromatic carbocycles. The van der Waals surface area contributed by atoms with Crippen LogP contribution in [0.25, 0.3) is 0 Å². The Morgan fingerprint density at radius 3 is 2.22 bits per heavy atom. The van der Waals surface area contributed by atoms with Gasteiger partial charge in [0.15, 0.2) is 0 Å². The molecule has 0 aromatic heterocycles. The zero-order valence-electron chi connectivity index (χ0n) is 10.7. The maximum Gasteiger partial charge on any atom is 0.237 e. The lowest BCUT2D eigenvalue weighted by molar-refractivity contribution is -0.122. The molecular weight excluding hydrogens is 294 g/mol. The standard InChI is InChI=1S/C14H16BrNO2/c1-4-10-7-11(15)5-6-12(10)16-13(17)8(2)9(3)14(16)18/h5-9H,4H2,1-3H3. The van der Waals surface area contributed by atoms with Crippen molar-refractivity contribution >= 4 is 33.4 Å². The van der Waals surface area contributed by atoms with E-state index in [2.05, 4.69) is 15.9 Å². The van der Waals surface area contributed by atoms with Crippen molar-refractivity contribution in [3.63, 3.8) is 0 Å². The number of halogens is 1. The lowest BCUT2D eigenvalue weighted by Gasteiger charge is -2.18. The number of benzene rings is 1. The molecule has 1 saturated heterocycles. The summed E-state index contributed by atoms with van der Waals surface area (Å²) in [6, 6.07) is 5.66. The third-order valence-corrected chi connectivity index (χ3v) is 4.13. The Morgan fingerprint density at radius 1 is 1.17 bits per heavy atom. The van der Waals surface area contributed by atoms with E-state index in [-0.39, 0.29) is 23.7 Å². The zero-order chi connectivity index (χ0) is 13.4. The van der Waals surface area contributed by atoms with Crippen LogP contribution in [0.5, 0.6) is 0 Å². The van der Waals surface area contributed by atoms with Gasteiger partial charge in [-0.3, -0.25) is 9.59 Å². The molecule has 0 saturated carbocycles. The molecule has 2 unspecified atom stereocenters. The van der Waals surface area contributed by atoms with Gasteiger partial charge in [-0.05, 0) is 30.2 Å². The molecule has 18 heavy (non-hydrogen) atoms. The van der Waals surface area contributed by atoms with Gasteiger partial charge in [0.25, 0.3) is 0 Å². The van der Waals surface area contributed by atoms with Crippen molar-refractivity contribution in [1.29, 1.82) is 0 Å². The van der Waals surface area contributed by atoms with Gasteiger partial charge in [0.05, 0.1) is 5.69 Å². The molecule has 96 valence electrons. The molecule has 3 nitrogen and oxygen atoms in total. The maximum atomic E-state index is 12.2. The summed E-state index contributed by atoms with van der Waals surface area (Å²) >= 11 is 3.41. The fraction of sp³-hybridized carbons (Fsp3) is 0.429. The topological polar surface area (TPSA) is 37.4 Å². The van der Waals surface area contributed by atoms with Crippen LogP contribution in [-0.2, 0) is 16.0 Å². The van der Waals surface area contributed by atoms with Crippen molar-refractivity contribution in [2.75, 3.05) is 4.90 Å². The molecule has 2 rings (SSSR count). The summed E-state index contributed by atoms with van der Waals surface area (Å²) < 4.78 is 0.961. The van der Waals surface area contributed by atoms with Crippen LogP contribution in [0.2, 0.25) is 0 Å². The van der Waals surface area contributed by atoms with Crippen LogP contribution in [0.4, 0.5) is 5.69 Å².